The predicted octanol–water partition coefficient (Wildman–Crippen LogP) is 4.51. The normalized spacial score (nSPS) is 11.4. The summed E-state index contributed by atoms with van der Waals surface area (Å²) in [5.41, 5.74) is 10.9. The molecule has 2 heterocycles. The molecule has 0 spiro atoms. The molecule has 4 aromatic rings. The second-order valence-corrected chi connectivity index (χ2v) is 5.81. The molecular formula is C18H15ClN4. The van der Waals surface area contributed by atoms with E-state index < -0.39 is 0 Å². The van der Waals surface area contributed by atoms with Gasteiger partial charge in [-0.15, -0.1) is 10.2 Å². The number of hydrogen-bond acceptors (Lipinski definition) is 3. The van der Waals surface area contributed by atoms with Gasteiger partial charge in [0.2, 0.25) is 0 Å². The van der Waals surface area contributed by atoms with Crippen LogP contribution < -0.4 is 5.73 Å². The molecule has 0 amide bonds. The van der Waals surface area contributed by atoms with Gasteiger partial charge in [-0.3, -0.25) is 0 Å². The number of hydrogen-bond donors (Lipinski definition) is 1. The summed E-state index contributed by atoms with van der Waals surface area (Å²) in [6.07, 6.45) is 0. The Kier molecular flexibility index (Phi) is 3.20. The SMILES string of the molecule is CCn1c2ccccc2c2nnc(N)c(-c3ccccc3Cl)c21. The van der Waals surface area contributed by atoms with E-state index >= 15 is 0 Å². The average molecular weight is 323 g/mol. The van der Waals surface area contributed by atoms with Gasteiger partial charge in [0.05, 0.1) is 16.6 Å². The highest BCUT2D eigenvalue weighted by Crippen LogP contribution is 2.39. The van der Waals surface area contributed by atoms with Crippen LogP contribution in [0.2, 0.25) is 5.02 Å². The summed E-state index contributed by atoms with van der Waals surface area (Å²) in [6.45, 7) is 2.92. The molecule has 0 atom stereocenters. The van der Waals surface area contributed by atoms with Crippen molar-refractivity contribution in [1.29, 1.82) is 0 Å². The number of aromatic nitrogens is 3. The Morgan fingerprint density at radius 2 is 1.78 bits per heavy atom. The second-order valence-electron chi connectivity index (χ2n) is 5.40. The Hall–Kier alpha value is -2.59. The molecule has 5 heteroatoms. The predicted molar refractivity (Wildman–Crippen MR) is 95.6 cm³/mol. The number of nitrogen functional groups attached to an aromatic ring is 1. The van der Waals surface area contributed by atoms with Crippen LogP contribution in [-0.4, -0.2) is 14.8 Å². The zero-order valence-electron chi connectivity index (χ0n) is 12.6. The summed E-state index contributed by atoms with van der Waals surface area (Å²) < 4.78 is 2.22. The molecule has 4 nitrogen and oxygen atoms in total. The minimum absolute atomic E-state index is 0.392. The highest BCUT2D eigenvalue weighted by atomic mass is 35.5. The largest absolute Gasteiger partial charge is 0.382 e. The van der Waals surface area contributed by atoms with E-state index in [0.29, 0.717) is 10.8 Å². The smallest absolute Gasteiger partial charge is 0.156 e. The van der Waals surface area contributed by atoms with Gasteiger partial charge >= 0.3 is 0 Å². The van der Waals surface area contributed by atoms with Crippen molar-refractivity contribution in [3.8, 4) is 11.1 Å². The lowest BCUT2D eigenvalue weighted by Crippen LogP contribution is -2.02. The van der Waals surface area contributed by atoms with Crippen molar-refractivity contribution in [3.63, 3.8) is 0 Å². The van der Waals surface area contributed by atoms with Crippen LogP contribution in [0, 0.1) is 0 Å². The third kappa shape index (κ3) is 1.99. The molecule has 114 valence electrons. The molecule has 0 saturated heterocycles. The molecule has 2 aromatic carbocycles. The van der Waals surface area contributed by atoms with Crippen molar-refractivity contribution < 1.29 is 0 Å². The molecule has 4 rings (SSSR count). The van der Waals surface area contributed by atoms with E-state index in [1.165, 1.54) is 0 Å². The summed E-state index contributed by atoms with van der Waals surface area (Å²) >= 11 is 6.41. The first-order valence-corrected chi connectivity index (χ1v) is 7.88. The summed E-state index contributed by atoms with van der Waals surface area (Å²) in [4.78, 5) is 0. The summed E-state index contributed by atoms with van der Waals surface area (Å²) in [6, 6.07) is 15.9. The van der Waals surface area contributed by atoms with Crippen molar-refractivity contribution >= 4 is 39.4 Å². The highest BCUT2D eigenvalue weighted by molar-refractivity contribution is 6.34. The van der Waals surface area contributed by atoms with E-state index in [1.54, 1.807) is 0 Å². The average Bonchev–Trinajstić information content (AvgIpc) is 2.89. The van der Waals surface area contributed by atoms with Gasteiger partial charge in [-0.1, -0.05) is 48.0 Å². The number of fused-ring (bicyclic) bond motifs is 3. The maximum absolute atomic E-state index is 6.41. The number of nitrogens with two attached hydrogens (primary N) is 1. The maximum atomic E-state index is 6.41. The van der Waals surface area contributed by atoms with Gasteiger partial charge in [0, 0.05) is 22.5 Å². The molecule has 0 radical (unpaired) electrons. The van der Waals surface area contributed by atoms with Crippen LogP contribution in [-0.2, 0) is 6.54 Å². The second kappa shape index (κ2) is 5.25. The molecule has 0 aliphatic carbocycles. The highest BCUT2D eigenvalue weighted by Gasteiger charge is 2.19. The molecule has 0 aliphatic rings. The van der Waals surface area contributed by atoms with Gasteiger partial charge in [-0.2, -0.15) is 0 Å². The van der Waals surface area contributed by atoms with Crippen molar-refractivity contribution in [1.82, 2.24) is 14.8 Å². The zero-order chi connectivity index (χ0) is 16.0. The molecule has 0 bridgehead atoms. The van der Waals surface area contributed by atoms with Crippen LogP contribution in [0.4, 0.5) is 5.82 Å². The standard InChI is InChI=1S/C18H15ClN4/c1-2-23-14-10-6-4-8-12(14)16-17(23)15(18(20)22-21-16)11-7-3-5-9-13(11)19/h3-10H,2H2,1H3,(H2,20,22). The lowest BCUT2D eigenvalue weighted by Gasteiger charge is -2.11. The fraction of sp³-hybridized carbons (Fsp3) is 0.111. The van der Waals surface area contributed by atoms with E-state index in [9.17, 15) is 0 Å². The first-order chi connectivity index (χ1) is 11.2. The fourth-order valence-electron chi connectivity index (χ4n) is 3.17. The number of nitrogens with zero attached hydrogens (tertiary/aromatic N) is 3. The zero-order valence-corrected chi connectivity index (χ0v) is 13.4. The van der Waals surface area contributed by atoms with E-state index in [4.69, 9.17) is 17.3 Å². The molecule has 23 heavy (non-hydrogen) atoms. The van der Waals surface area contributed by atoms with Gasteiger partial charge in [0.25, 0.3) is 0 Å². The molecule has 0 saturated carbocycles. The summed E-state index contributed by atoms with van der Waals surface area (Å²) in [5.74, 6) is 0.392. The van der Waals surface area contributed by atoms with Crippen molar-refractivity contribution in [2.75, 3.05) is 5.73 Å². The van der Waals surface area contributed by atoms with E-state index in [1.807, 2.05) is 36.4 Å². The number of benzene rings is 2. The first-order valence-electron chi connectivity index (χ1n) is 7.50. The van der Waals surface area contributed by atoms with Gasteiger partial charge < -0.3 is 10.3 Å². The van der Waals surface area contributed by atoms with Gasteiger partial charge in [0.1, 0.15) is 5.52 Å². The molecule has 0 fully saturated rings. The Morgan fingerprint density at radius 3 is 2.57 bits per heavy atom. The summed E-state index contributed by atoms with van der Waals surface area (Å²) in [5, 5.41) is 10.3. The Balaban J connectivity index is 2.24. The minimum atomic E-state index is 0.392. The maximum Gasteiger partial charge on any atom is 0.156 e. The monoisotopic (exact) mass is 322 g/mol. The van der Waals surface area contributed by atoms with Gasteiger partial charge in [-0.25, -0.2) is 0 Å². The van der Waals surface area contributed by atoms with E-state index in [0.717, 1.165) is 39.6 Å². The lowest BCUT2D eigenvalue weighted by molar-refractivity contribution is 0.826. The summed E-state index contributed by atoms with van der Waals surface area (Å²) in [7, 11) is 0. The lowest BCUT2D eigenvalue weighted by atomic mass is 10.1. The van der Waals surface area contributed by atoms with Crippen LogP contribution in [0.3, 0.4) is 0 Å². The van der Waals surface area contributed by atoms with Crippen LogP contribution >= 0.6 is 11.6 Å². The quantitative estimate of drug-likeness (QED) is 0.591. The van der Waals surface area contributed by atoms with E-state index in [-0.39, 0.29) is 0 Å². The molecule has 2 aromatic heterocycles. The number of halogens is 1. The van der Waals surface area contributed by atoms with Crippen LogP contribution in [0.5, 0.6) is 0 Å². The van der Waals surface area contributed by atoms with Gasteiger partial charge in [0.15, 0.2) is 5.82 Å². The fourth-order valence-corrected chi connectivity index (χ4v) is 3.40. The van der Waals surface area contributed by atoms with Crippen LogP contribution in [0.15, 0.2) is 48.5 Å². The first kappa shape index (κ1) is 14.0. The molecule has 0 unspecified atom stereocenters. The Bertz CT molecular complexity index is 1040. The minimum Gasteiger partial charge on any atom is -0.382 e. The number of rotatable bonds is 2. The van der Waals surface area contributed by atoms with Crippen LogP contribution in [0.25, 0.3) is 33.1 Å². The molecular weight excluding hydrogens is 308 g/mol. The Morgan fingerprint density at radius 1 is 1.04 bits per heavy atom. The number of para-hydroxylation sites is 1. The number of aryl methyl sites for hydroxylation is 1. The third-order valence-corrected chi connectivity index (χ3v) is 4.48. The van der Waals surface area contributed by atoms with Gasteiger partial charge in [-0.05, 0) is 19.1 Å². The third-order valence-electron chi connectivity index (χ3n) is 4.15. The van der Waals surface area contributed by atoms with Crippen molar-refractivity contribution in [2.24, 2.45) is 0 Å². The number of anilines is 1. The van der Waals surface area contributed by atoms with Crippen molar-refractivity contribution in [3.05, 3.63) is 53.6 Å². The molecule has 0 aliphatic heterocycles. The molecule has 2 N–H and O–H groups in total. The van der Waals surface area contributed by atoms with Crippen LogP contribution in [0.1, 0.15) is 6.92 Å². The van der Waals surface area contributed by atoms with E-state index in [2.05, 4.69) is 33.8 Å². The topological polar surface area (TPSA) is 56.7 Å². The Labute approximate surface area is 138 Å². The van der Waals surface area contributed by atoms with Crippen molar-refractivity contribution in [2.45, 2.75) is 13.5 Å².